The van der Waals surface area contributed by atoms with E-state index >= 15 is 0 Å². The van der Waals surface area contributed by atoms with Gasteiger partial charge in [-0.1, -0.05) is 13.8 Å². The molecule has 5 nitrogen and oxygen atoms in total. The predicted octanol–water partition coefficient (Wildman–Crippen LogP) is 0.768. The maximum Gasteiger partial charge on any atom is 0.271 e. The summed E-state index contributed by atoms with van der Waals surface area (Å²) in [4.78, 5) is 11.6. The molecule has 1 aromatic rings. The van der Waals surface area contributed by atoms with Crippen LogP contribution < -0.4 is 11.1 Å². The largest absolute Gasteiger partial charge is 0.396 e. The van der Waals surface area contributed by atoms with Crippen molar-refractivity contribution < 1.29 is 4.79 Å². The summed E-state index contributed by atoms with van der Waals surface area (Å²) in [6.07, 6.45) is 2.61. The van der Waals surface area contributed by atoms with Gasteiger partial charge < -0.3 is 11.1 Å². The summed E-state index contributed by atoms with van der Waals surface area (Å²) in [5.74, 6) is 0.415. The van der Waals surface area contributed by atoms with Crippen LogP contribution in [-0.4, -0.2) is 22.6 Å². The van der Waals surface area contributed by atoms with Crippen LogP contribution >= 0.6 is 0 Å². The molecule has 1 unspecified atom stereocenters. The number of anilines is 1. The molecule has 1 aliphatic carbocycles. The number of aromatic amines is 1. The Morgan fingerprint density at radius 1 is 1.80 bits per heavy atom. The number of nitrogens with zero attached hydrogens (tertiary/aromatic N) is 1. The number of amides is 1. The van der Waals surface area contributed by atoms with Crippen LogP contribution in [0, 0.1) is 11.3 Å². The number of nitrogens with two attached hydrogens (primary N) is 1. The van der Waals surface area contributed by atoms with Crippen LogP contribution in [-0.2, 0) is 0 Å². The number of aromatic nitrogens is 2. The van der Waals surface area contributed by atoms with E-state index < -0.39 is 0 Å². The van der Waals surface area contributed by atoms with Crippen molar-refractivity contribution in [3.05, 3.63) is 11.9 Å². The van der Waals surface area contributed by atoms with Gasteiger partial charge >= 0.3 is 0 Å². The first kappa shape index (κ1) is 10.0. The molecule has 1 aliphatic rings. The fourth-order valence-electron chi connectivity index (χ4n) is 1.71. The van der Waals surface area contributed by atoms with Crippen molar-refractivity contribution in [3.8, 4) is 0 Å². The van der Waals surface area contributed by atoms with Gasteiger partial charge in [0.05, 0.1) is 11.9 Å². The van der Waals surface area contributed by atoms with Crippen LogP contribution in [0.4, 0.5) is 5.69 Å². The van der Waals surface area contributed by atoms with Gasteiger partial charge in [0.15, 0.2) is 0 Å². The van der Waals surface area contributed by atoms with E-state index in [1.54, 1.807) is 0 Å². The highest BCUT2D eigenvalue weighted by atomic mass is 16.1. The highest BCUT2D eigenvalue weighted by Gasteiger charge is 2.45. The molecule has 1 fully saturated rings. The second kappa shape index (κ2) is 3.25. The molecule has 1 atom stereocenters. The molecule has 0 aliphatic heterocycles. The number of rotatable bonds is 3. The van der Waals surface area contributed by atoms with Crippen LogP contribution in [0.3, 0.4) is 0 Å². The number of nitrogen functional groups attached to an aromatic ring is 1. The molecule has 1 heterocycles. The normalized spacial score (nSPS) is 22.4. The van der Waals surface area contributed by atoms with Gasteiger partial charge in [0.2, 0.25) is 0 Å². The number of carbonyl (C=O) groups is 1. The third-order valence-corrected chi connectivity index (χ3v) is 3.12. The molecule has 4 N–H and O–H groups in total. The summed E-state index contributed by atoms with van der Waals surface area (Å²) >= 11 is 0. The molecule has 1 saturated carbocycles. The molecule has 5 heteroatoms. The Morgan fingerprint density at radius 2 is 2.47 bits per heavy atom. The summed E-state index contributed by atoms with van der Waals surface area (Å²) in [6, 6.07) is 0. The standard InChI is InChI=1S/C10H16N4O/c1-10(2)3-6(10)4-12-9(15)8-7(11)5-13-14-8/h5-6H,3-4,11H2,1-2H3,(H,12,15)(H,13,14). The molecule has 0 spiro atoms. The highest BCUT2D eigenvalue weighted by Crippen LogP contribution is 2.50. The molecule has 82 valence electrons. The Labute approximate surface area is 88.4 Å². The van der Waals surface area contributed by atoms with Crippen LogP contribution in [0.15, 0.2) is 6.20 Å². The van der Waals surface area contributed by atoms with E-state index in [4.69, 9.17) is 5.73 Å². The van der Waals surface area contributed by atoms with Gasteiger partial charge in [0.25, 0.3) is 5.91 Å². The van der Waals surface area contributed by atoms with Gasteiger partial charge in [0.1, 0.15) is 5.69 Å². The number of carbonyl (C=O) groups excluding carboxylic acids is 1. The van der Waals surface area contributed by atoms with E-state index in [0.29, 0.717) is 29.3 Å². The Balaban J connectivity index is 1.86. The Hall–Kier alpha value is -1.52. The van der Waals surface area contributed by atoms with Crippen molar-refractivity contribution in [2.45, 2.75) is 20.3 Å². The Morgan fingerprint density at radius 3 is 2.93 bits per heavy atom. The Bertz CT molecular complexity index is 383. The maximum absolute atomic E-state index is 11.6. The van der Waals surface area contributed by atoms with Gasteiger partial charge in [-0.2, -0.15) is 5.10 Å². The van der Waals surface area contributed by atoms with Crippen molar-refractivity contribution in [2.75, 3.05) is 12.3 Å². The van der Waals surface area contributed by atoms with Crippen molar-refractivity contribution in [3.63, 3.8) is 0 Å². The topological polar surface area (TPSA) is 83.8 Å². The van der Waals surface area contributed by atoms with Crippen molar-refractivity contribution >= 4 is 11.6 Å². The van der Waals surface area contributed by atoms with Crippen molar-refractivity contribution in [1.82, 2.24) is 15.5 Å². The third kappa shape index (κ3) is 1.95. The summed E-state index contributed by atoms with van der Waals surface area (Å²) < 4.78 is 0. The predicted molar refractivity (Wildman–Crippen MR) is 57.2 cm³/mol. The van der Waals surface area contributed by atoms with E-state index in [2.05, 4.69) is 29.4 Å². The van der Waals surface area contributed by atoms with E-state index in [-0.39, 0.29) is 5.91 Å². The number of hydrogen-bond acceptors (Lipinski definition) is 3. The minimum Gasteiger partial charge on any atom is -0.396 e. The zero-order valence-electron chi connectivity index (χ0n) is 9.00. The molecular weight excluding hydrogens is 192 g/mol. The first-order chi connectivity index (χ1) is 7.00. The minimum absolute atomic E-state index is 0.173. The van der Waals surface area contributed by atoms with E-state index in [1.807, 2.05) is 0 Å². The summed E-state index contributed by atoms with van der Waals surface area (Å²) in [6.45, 7) is 5.12. The molecule has 2 rings (SSSR count). The molecule has 0 aromatic carbocycles. The summed E-state index contributed by atoms with van der Waals surface area (Å²) in [5.41, 5.74) is 6.69. The van der Waals surface area contributed by atoms with Gasteiger partial charge in [-0.3, -0.25) is 9.89 Å². The van der Waals surface area contributed by atoms with Gasteiger partial charge in [-0.15, -0.1) is 0 Å². The molecular formula is C10H16N4O. The average molecular weight is 208 g/mol. The van der Waals surface area contributed by atoms with Crippen LogP contribution in [0.1, 0.15) is 30.8 Å². The first-order valence-corrected chi connectivity index (χ1v) is 5.08. The van der Waals surface area contributed by atoms with Crippen molar-refractivity contribution in [1.29, 1.82) is 0 Å². The zero-order valence-corrected chi connectivity index (χ0v) is 9.00. The van der Waals surface area contributed by atoms with Crippen LogP contribution in [0.2, 0.25) is 0 Å². The zero-order chi connectivity index (χ0) is 11.1. The lowest BCUT2D eigenvalue weighted by molar-refractivity contribution is 0.0946. The molecule has 1 aromatic heterocycles. The monoisotopic (exact) mass is 208 g/mol. The maximum atomic E-state index is 11.6. The van der Waals surface area contributed by atoms with E-state index in [0.717, 1.165) is 0 Å². The van der Waals surface area contributed by atoms with Gasteiger partial charge in [0, 0.05) is 6.54 Å². The third-order valence-electron chi connectivity index (χ3n) is 3.12. The van der Waals surface area contributed by atoms with Gasteiger partial charge in [-0.25, -0.2) is 0 Å². The number of H-pyrrole nitrogens is 1. The van der Waals surface area contributed by atoms with E-state index in [1.165, 1.54) is 12.6 Å². The average Bonchev–Trinajstić information content (AvgIpc) is 2.58. The first-order valence-electron chi connectivity index (χ1n) is 5.08. The molecule has 15 heavy (non-hydrogen) atoms. The molecule has 0 saturated heterocycles. The molecule has 1 amide bonds. The van der Waals surface area contributed by atoms with E-state index in [9.17, 15) is 4.79 Å². The lowest BCUT2D eigenvalue weighted by Crippen LogP contribution is -2.27. The SMILES string of the molecule is CC1(C)CC1CNC(=O)c1[nH]ncc1N. The fourth-order valence-corrected chi connectivity index (χ4v) is 1.71. The highest BCUT2D eigenvalue weighted by molar-refractivity contribution is 5.96. The lowest BCUT2D eigenvalue weighted by atomic mass is 10.1. The number of nitrogens with one attached hydrogen (secondary N) is 2. The molecule has 0 bridgehead atoms. The van der Waals surface area contributed by atoms with Gasteiger partial charge in [-0.05, 0) is 17.8 Å². The number of hydrogen-bond donors (Lipinski definition) is 3. The lowest BCUT2D eigenvalue weighted by Gasteiger charge is -2.05. The van der Waals surface area contributed by atoms with Crippen molar-refractivity contribution in [2.24, 2.45) is 11.3 Å². The Kier molecular flexibility index (Phi) is 2.17. The van der Waals surface area contributed by atoms with Crippen LogP contribution in [0.25, 0.3) is 0 Å². The summed E-state index contributed by atoms with van der Waals surface area (Å²) in [7, 11) is 0. The second-order valence-corrected chi connectivity index (χ2v) is 4.80. The fraction of sp³-hybridized carbons (Fsp3) is 0.600. The smallest absolute Gasteiger partial charge is 0.271 e. The quantitative estimate of drug-likeness (QED) is 0.686. The van der Waals surface area contributed by atoms with Crippen LogP contribution in [0.5, 0.6) is 0 Å². The molecule has 0 radical (unpaired) electrons. The second-order valence-electron chi connectivity index (χ2n) is 4.80. The minimum atomic E-state index is -0.173. The summed E-state index contributed by atoms with van der Waals surface area (Å²) in [5, 5.41) is 9.14.